The standard InChI is InChI=1S/C13H27NOS/c1-11(10-16-3)14(2)9-13(15)8-12-6-4-5-7-12/h11-13,15H,4-10H2,1-3H3. The summed E-state index contributed by atoms with van der Waals surface area (Å²) in [5.74, 6) is 1.94. The van der Waals surface area contributed by atoms with Gasteiger partial charge in [-0.1, -0.05) is 25.7 Å². The molecular weight excluding hydrogens is 218 g/mol. The molecule has 96 valence electrons. The van der Waals surface area contributed by atoms with Crippen molar-refractivity contribution < 1.29 is 5.11 Å². The van der Waals surface area contributed by atoms with Gasteiger partial charge in [0.25, 0.3) is 0 Å². The Kier molecular flexibility index (Phi) is 6.78. The average Bonchev–Trinajstić information content (AvgIpc) is 2.70. The zero-order valence-corrected chi connectivity index (χ0v) is 11.8. The number of aliphatic hydroxyl groups is 1. The third kappa shape index (κ3) is 5.07. The SMILES string of the molecule is CSCC(C)N(C)CC(O)CC1CCCC1. The molecule has 16 heavy (non-hydrogen) atoms. The third-order valence-electron chi connectivity index (χ3n) is 3.74. The van der Waals surface area contributed by atoms with E-state index in [-0.39, 0.29) is 6.10 Å². The van der Waals surface area contributed by atoms with E-state index in [0.717, 1.165) is 24.6 Å². The van der Waals surface area contributed by atoms with Crippen LogP contribution in [0.2, 0.25) is 0 Å². The first kappa shape index (κ1) is 14.3. The number of hydrogen-bond acceptors (Lipinski definition) is 3. The van der Waals surface area contributed by atoms with E-state index in [2.05, 4.69) is 25.1 Å². The van der Waals surface area contributed by atoms with E-state index in [1.54, 1.807) is 0 Å². The summed E-state index contributed by atoms with van der Waals surface area (Å²) in [4.78, 5) is 2.29. The lowest BCUT2D eigenvalue weighted by Crippen LogP contribution is -2.37. The number of thioether (sulfide) groups is 1. The zero-order chi connectivity index (χ0) is 12.0. The smallest absolute Gasteiger partial charge is 0.0669 e. The van der Waals surface area contributed by atoms with Crippen molar-refractivity contribution >= 4 is 11.8 Å². The van der Waals surface area contributed by atoms with Gasteiger partial charge in [-0.2, -0.15) is 11.8 Å². The molecule has 0 radical (unpaired) electrons. The number of aliphatic hydroxyl groups excluding tert-OH is 1. The summed E-state index contributed by atoms with van der Waals surface area (Å²) >= 11 is 1.87. The molecular formula is C13H27NOS. The van der Waals surface area contributed by atoms with Gasteiger partial charge in [0, 0.05) is 18.3 Å². The van der Waals surface area contributed by atoms with E-state index in [1.807, 2.05) is 11.8 Å². The second kappa shape index (κ2) is 7.57. The van der Waals surface area contributed by atoms with E-state index >= 15 is 0 Å². The summed E-state index contributed by atoms with van der Waals surface area (Å²) < 4.78 is 0. The Morgan fingerprint density at radius 3 is 2.56 bits per heavy atom. The quantitative estimate of drug-likeness (QED) is 0.746. The van der Waals surface area contributed by atoms with Crippen molar-refractivity contribution in [2.45, 2.75) is 51.2 Å². The van der Waals surface area contributed by atoms with Gasteiger partial charge in [0.15, 0.2) is 0 Å². The van der Waals surface area contributed by atoms with Gasteiger partial charge in [0.2, 0.25) is 0 Å². The molecule has 0 aromatic carbocycles. The first-order valence-electron chi connectivity index (χ1n) is 6.50. The molecule has 0 heterocycles. The molecule has 1 aliphatic carbocycles. The maximum Gasteiger partial charge on any atom is 0.0669 e. The molecule has 1 saturated carbocycles. The van der Waals surface area contributed by atoms with Gasteiger partial charge in [-0.05, 0) is 32.6 Å². The van der Waals surface area contributed by atoms with Crippen molar-refractivity contribution in [2.24, 2.45) is 5.92 Å². The van der Waals surface area contributed by atoms with E-state index in [4.69, 9.17) is 0 Å². The van der Waals surface area contributed by atoms with Gasteiger partial charge in [0.1, 0.15) is 0 Å². The minimum Gasteiger partial charge on any atom is -0.392 e. The first-order valence-corrected chi connectivity index (χ1v) is 7.90. The second-order valence-corrected chi connectivity index (χ2v) is 6.19. The second-order valence-electron chi connectivity index (χ2n) is 5.28. The molecule has 2 nitrogen and oxygen atoms in total. The third-order valence-corrected chi connectivity index (χ3v) is 4.55. The fourth-order valence-electron chi connectivity index (χ4n) is 2.59. The van der Waals surface area contributed by atoms with Crippen LogP contribution in [-0.4, -0.2) is 47.8 Å². The van der Waals surface area contributed by atoms with E-state index in [1.165, 1.54) is 25.7 Å². The highest BCUT2D eigenvalue weighted by Gasteiger charge is 2.20. The Labute approximate surface area is 105 Å². The Bertz CT molecular complexity index is 183. The highest BCUT2D eigenvalue weighted by Crippen LogP contribution is 2.28. The summed E-state index contributed by atoms with van der Waals surface area (Å²) in [6.07, 6.45) is 8.43. The van der Waals surface area contributed by atoms with Crippen LogP contribution in [-0.2, 0) is 0 Å². The van der Waals surface area contributed by atoms with Crippen LogP contribution in [0.5, 0.6) is 0 Å². The van der Waals surface area contributed by atoms with Crippen molar-refractivity contribution in [3.8, 4) is 0 Å². The molecule has 2 unspecified atom stereocenters. The van der Waals surface area contributed by atoms with Crippen molar-refractivity contribution in [2.75, 3.05) is 25.6 Å². The highest BCUT2D eigenvalue weighted by atomic mass is 32.2. The molecule has 0 bridgehead atoms. The largest absolute Gasteiger partial charge is 0.392 e. The summed E-state index contributed by atoms with van der Waals surface area (Å²) in [5.41, 5.74) is 0. The predicted molar refractivity (Wildman–Crippen MR) is 73.1 cm³/mol. The van der Waals surface area contributed by atoms with E-state index in [0.29, 0.717) is 6.04 Å². The Hall–Kier alpha value is 0.270. The van der Waals surface area contributed by atoms with Gasteiger partial charge in [-0.25, -0.2) is 0 Å². The van der Waals surface area contributed by atoms with E-state index < -0.39 is 0 Å². The van der Waals surface area contributed by atoms with Crippen molar-refractivity contribution in [3.63, 3.8) is 0 Å². The van der Waals surface area contributed by atoms with Crippen LogP contribution in [0.1, 0.15) is 39.0 Å². The molecule has 1 N–H and O–H groups in total. The van der Waals surface area contributed by atoms with Crippen LogP contribution in [0.3, 0.4) is 0 Å². The lowest BCUT2D eigenvalue weighted by atomic mass is 10.00. The lowest BCUT2D eigenvalue weighted by molar-refractivity contribution is 0.0914. The summed E-state index contributed by atoms with van der Waals surface area (Å²) in [7, 11) is 2.12. The Balaban J connectivity index is 2.18. The Morgan fingerprint density at radius 1 is 1.38 bits per heavy atom. The monoisotopic (exact) mass is 245 g/mol. The van der Waals surface area contributed by atoms with Crippen LogP contribution in [0.15, 0.2) is 0 Å². The number of nitrogens with zero attached hydrogens (tertiary/aromatic N) is 1. The normalized spacial score (nSPS) is 21.6. The lowest BCUT2D eigenvalue weighted by Gasteiger charge is -2.27. The molecule has 1 rings (SSSR count). The average molecular weight is 245 g/mol. The predicted octanol–water partition coefficient (Wildman–Crippen LogP) is 2.61. The maximum absolute atomic E-state index is 10.0. The molecule has 0 spiro atoms. The van der Waals surface area contributed by atoms with Gasteiger partial charge in [0.05, 0.1) is 6.10 Å². The fraction of sp³-hybridized carbons (Fsp3) is 1.00. The minimum absolute atomic E-state index is 0.127. The Morgan fingerprint density at radius 2 is 2.00 bits per heavy atom. The van der Waals surface area contributed by atoms with Gasteiger partial charge in [-0.3, -0.25) is 0 Å². The van der Waals surface area contributed by atoms with Crippen LogP contribution in [0, 0.1) is 5.92 Å². The highest BCUT2D eigenvalue weighted by molar-refractivity contribution is 7.98. The number of hydrogen-bond donors (Lipinski definition) is 1. The van der Waals surface area contributed by atoms with Crippen molar-refractivity contribution in [1.29, 1.82) is 0 Å². The number of rotatable bonds is 7. The number of likely N-dealkylation sites (N-methyl/N-ethyl adjacent to an activating group) is 1. The maximum atomic E-state index is 10.0. The van der Waals surface area contributed by atoms with Crippen LogP contribution in [0.25, 0.3) is 0 Å². The van der Waals surface area contributed by atoms with Gasteiger partial charge in [-0.15, -0.1) is 0 Å². The van der Waals surface area contributed by atoms with Crippen LogP contribution in [0.4, 0.5) is 0 Å². The minimum atomic E-state index is -0.127. The van der Waals surface area contributed by atoms with E-state index in [9.17, 15) is 5.11 Å². The van der Waals surface area contributed by atoms with Crippen LogP contribution >= 0.6 is 11.8 Å². The molecule has 0 aromatic rings. The molecule has 3 heteroatoms. The first-order chi connectivity index (χ1) is 7.63. The van der Waals surface area contributed by atoms with Gasteiger partial charge >= 0.3 is 0 Å². The topological polar surface area (TPSA) is 23.5 Å². The van der Waals surface area contributed by atoms with Gasteiger partial charge < -0.3 is 10.0 Å². The fourth-order valence-corrected chi connectivity index (χ4v) is 3.32. The summed E-state index contributed by atoms with van der Waals surface area (Å²) in [6, 6.07) is 0.563. The molecule has 0 aliphatic heterocycles. The molecule has 0 aromatic heterocycles. The molecule has 1 fully saturated rings. The zero-order valence-electron chi connectivity index (χ0n) is 11.0. The summed E-state index contributed by atoms with van der Waals surface area (Å²) in [5, 5.41) is 10.0. The molecule has 0 amide bonds. The molecule has 2 atom stereocenters. The van der Waals surface area contributed by atoms with Crippen LogP contribution < -0.4 is 0 Å². The van der Waals surface area contributed by atoms with Crippen molar-refractivity contribution in [3.05, 3.63) is 0 Å². The summed E-state index contributed by atoms with van der Waals surface area (Å²) in [6.45, 7) is 3.07. The molecule has 0 saturated heterocycles. The molecule has 1 aliphatic rings. The van der Waals surface area contributed by atoms with Crippen molar-refractivity contribution in [1.82, 2.24) is 4.90 Å².